The van der Waals surface area contributed by atoms with Gasteiger partial charge in [-0.1, -0.05) is 0 Å². The highest BCUT2D eigenvalue weighted by Crippen LogP contribution is 2.37. The lowest BCUT2D eigenvalue weighted by Gasteiger charge is -2.32. The topological polar surface area (TPSA) is 65.6 Å². The van der Waals surface area contributed by atoms with Gasteiger partial charge in [0, 0.05) is 35.7 Å². The maximum absolute atomic E-state index is 15.1. The Kier molecular flexibility index (Phi) is 5.67. The molecular weight excluding hydrogens is 417 g/mol. The third-order valence-corrected chi connectivity index (χ3v) is 6.39. The molecule has 1 atom stereocenters. The van der Waals surface area contributed by atoms with E-state index in [-0.39, 0.29) is 23.5 Å². The molecule has 1 unspecified atom stereocenters. The van der Waals surface area contributed by atoms with Gasteiger partial charge in [0.1, 0.15) is 11.4 Å². The van der Waals surface area contributed by atoms with Crippen LogP contribution in [0.2, 0.25) is 0 Å². The van der Waals surface area contributed by atoms with Crippen LogP contribution in [0.15, 0.2) is 53.5 Å². The molecule has 1 aliphatic heterocycles. The lowest BCUT2D eigenvalue weighted by atomic mass is 9.79. The van der Waals surface area contributed by atoms with E-state index < -0.39 is 30.3 Å². The molecule has 4 rings (SSSR count). The summed E-state index contributed by atoms with van der Waals surface area (Å²) in [5, 5.41) is 0.782. The van der Waals surface area contributed by atoms with Gasteiger partial charge in [-0.2, -0.15) is 0 Å². The van der Waals surface area contributed by atoms with Gasteiger partial charge >= 0.3 is 7.12 Å². The van der Waals surface area contributed by atoms with Gasteiger partial charge in [0.15, 0.2) is 17.8 Å². The normalized spacial score (nSPS) is 22.6. The van der Waals surface area contributed by atoms with E-state index >= 15 is 4.39 Å². The SMILES string of the molecule is COC1=CC(OC)=C(F)C(Cc2c[nH]c3ncc(B4OC(C)(C)C(C)(C)O4)cc23)=CC1F. The average Bonchev–Trinajstić information content (AvgIpc) is 3.20. The molecule has 170 valence electrons. The number of pyridine rings is 1. The molecule has 0 saturated carbocycles. The molecule has 0 bridgehead atoms. The van der Waals surface area contributed by atoms with E-state index in [9.17, 15) is 4.39 Å². The number of rotatable bonds is 5. The Morgan fingerprint density at radius 3 is 2.47 bits per heavy atom. The molecule has 3 heterocycles. The Balaban J connectivity index is 1.68. The summed E-state index contributed by atoms with van der Waals surface area (Å²) >= 11 is 0. The zero-order valence-electron chi connectivity index (χ0n) is 19.1. The van der Waals surface area contributed by atoms with Gasteiger partial charge in [0.2, 0.25) is 0 Å². The van der Waals surface area contributed by atoms with E-state index in [1.54, 1.807) is 12.4 Å². The standard InChI is InChI=1S/C23H27BF2N2O4/c1-22(2)23(3,4)32-24(31-22)15-9-16-14(11-27-21(16)28-12-15)7-13-8-17(25)18(29-5)10-19(30-6)20(13)26/h8-12,17H,7H2,1-6H3,(H,27,28). The summed E-state index contributed by atoms with van der Waals surface area (Å²) in [6, 6.07) is 1.91. The fraction of sp³-hybridized carbons (Fsp3) is 0.435. The minimum atomic E-state index is -1.59. The Morgan fingerprint density at radius 1 is 1.16 bits per heavy atom. The second-order valence-corrected chi connectivity index (χ2v) is 8.97. The van der Waals surface area contributed by atoms with Crippen LogP contribution in [-0.2, 0) is 25.2 Å². The molecular formula is C23H27BF2N2O4. The minimum absolute atomic E-state index is 0.0179. The number of hydrogen-bond acceptors (Lipinski definition) is 5. The first-order valence-corrected chi connectivity index (χ1v) is 10.4. The number of methoxy groups -OCH3 is 2. The molecule has 0 spiro atoms. The second-order valence-electron chi connectivity index (χ2n) is 8.97. The maximum atomic E-state index is 15.1. The van der Waals surface area contributed by atoms with Crippen molar-refractivity contribution >= 4 is 23.6 Å². The van der Waals surface area contributed by atoms with E-state index in [2.05, 4.69) is 9.97 Å². The molecule has 0 amide bonds. The number of aromatic amines is 1. The van der Waals surface area contributed by atoms with Crippen molar-refractivity contribution in [3.05, 3.63) is 59.1 Å². The van der Waals surface area contributed by atoms with Crippen LogP contribution in [0.5, 0.6) is 0 Å². The minimum Gasteiger partial charge on any atom is -0.498 e. The predicted octanol–water partition coefficient (Wildman–Crippen LogP) is 4.04. The molecule has 0 radical (unpaired) electrons. The number of H-pyrrole nitrogens is 1. The van der Waals surface area contributed by atoms with Crippen LogP contribution >= 0.6 is 0 Å². The van der Waals surface area contributed by atoms with Crippen molar-refractivity contribution in [1.82, 2.24) is 9.97 Å². The van der Waals surface area contributed by atoms with Gasteiger partial charge in [-0.3, -0.25) is 0 Å². The van der Waals surface area contributed by atoms with E-state index in [0.717, 1.165) is 16.4 Å². The Bertz CT molecular complexity index is 1120. The fourth-order valence-electron chi connectivity index (χ4n) is 3.75. The zero-order valence-corrected chi connectivity index (χ0v) is 19.1. The third kappa shape index (κ3) is 3.84. The van der Waals surface area contributed by atoms with Crippen LogP contribution in [0.4, 0.5) is 8.78 Å². The van der Waals surface area contributed by atoms with Gasteiger partial charge in [-0.25, -0.2) is 13.8 Å². The third-order valence-electron chi connectivity index (χ3n) is 6.39. The van der Waals surface area contributed by atoms with Gasteiger partial charge in [-0.15, -0.1) is 0 Å². The van der Waals surface area contributed by atoms with Gasteiger partial charge in [0.05, 0.1) is 25.4 Å². The van der Waals surface area contributed by atoms with Gasteiger partial charge in [0.25, 0.3) is 0 Å². The van der Waals surface area contributed by atoms with E-state index in [0.29, 0.717) is 5.65 Å². The number of halogens is 2. The molecule has 2 aromatic heterocycles. The van der Waals surface area contributed by atoms with Crippen molar-refractivity contribution in [2.45, 2.75) is 51.5 Å². The second kappa shape index (κ2) is 8.05. The summed E-state index contributed by atoms with van der Waals surface area (Å²) in [7, 11) is 2.10. The number of alkyl halides is 1. The van der Waals surface area contributed by atoms with Crippen LogP contribution in [0.1, 0.15) is 33.3 Å². The van der Waals surface area contributed by atoms with Crippen molar-refractivity contribution in [3.63, 3.8) is 0 Å². The zero-order chi connectivity index (χ0) is 23.3. The Morgan fingerprint density at radius 2 is 1.84 bits per heavy atom. The average molecular weight is 444 g/mol. The smallest absolute Gasteiger partial charge is 0.496 e. The first-order valence-electron chi connectivity index (χ1n) is 10.4. The summed E-state index contributed by atoms with van der Waals surface area (Å²) < 4.78 is 52.1. The summed E-state index contributed by atoms with van der Waals surface area (Å²) in [5.41, 5.74) is 1.36. The number of ether oxygens (including phenoxy) is 2. The van der Waals surface area contributed by atoms with E-state index in [4.69, 9.17) is 18.8 Å². The van der Waals surface area contributed by atoms with E-state index in [1.165, 1.54) is 26.4 Å². The number of nitrogens with zero attached hydrogens (tertiary/aromatic N) is 1. The molecule has 9 heteroatoms. The summed E-state index contributed by atoms with van der Waals surface area (Å²) in [6.07, 6.45) is 4.44. The van der Waals surface area contributed by atoms with Crippen molar-refractivity contribution < 1.29 is 27.6 Å². The van der Waals surface area contributed by atoms with Crippen LogP contribution in [0, 0.1) is 0 Å². The molecule has 1 N–H and O–H groups in total. The highest BCUT2D eigenvalue weighted by molar-refractivity contribution is 6.62. The van der Waals surface area contributed by atoms with Crippen LogP contribution in [0.3, 0.4) is 0 Å². The number of allylic oxidation sites excluding steroid dienone is 4. The summed E-state index contributed by atoms with van der Waals surface area (Å²) in [4.78, 5) is 7.57. The number of aromatic nitrogens is 2. The van der Waals surface area contributed by atoms with Gasteiger partial charge < -0.3 is 23.8 Å². The molecule has 2 aromatic rings. The Hall–Kier alpha value is -2.65. The molecule has 32 heavy (non-hydrogen) atoms. The molecule has 1 saturated heterocycles. The monoisotopic (exact) mass is 444 g/mol. The number of nitrogens with one attached hydrogen (secondary N) is 1. The highest BCUT2D eigenvalue weighted by atomic mass is 19.1. The van der Waals surface area contributed by atoms with Crippen LogP contribution < -0.4 is 5.46 Å². The van der Waals surface area contributed by atoms with Crippen molar-refractivity contribution in [3.8, 4) is 0 Å². The van der Waals surface area contributed by atoms with Gasteiger partial charge in [-0.05, 0) is 51.0 Å². The molecule has 1 aliphatic carbocycles. The number of fused-ring (bicyclic) bond motifs is 1. The highest BCUT2D eigenvalue weighted by Gasteiger charge is 2.51. The van der Waals surface area contributed by atoms with Crippen LogP contribution in [-0.4, -0.2) is 48.7 Å². The van der Waals surface area contributed by atoms with Crippen molar-refractivity contribution in [1.29, 1.82) is 0 Å². The van der Waals surface area contributed by atoms with Crippen molar-refractivity contribution in [2.24, 2.45) is 0 Å². The predicted molar refractivity (Wildman–Crippen MR) is 119 cm³/mol. The number of hydrogen-bond donors (Lipinski definition) is 1. The quantitative estimate of drug-likeness (QED) is 0.706. The first kappa shape index (κ1) is 22.5. The van der Waals surface area contributed by atoms with Crippen LogP contribution in [0.25, 0.3) is 11.0 Å². The van der Waals surface area contributed by atoms with E-state index in [1.807, 2.05) is 33.8 Å². The Labute approximate surface area is 186 Å². The summed E-state index contributed by atoms with van der Waals surface area (Å²) in [6.45, 7) is 7.93. The molecule has 6 nitrogen and oxygen atoms in total. The lowest BCUT2D eigenvalue weighted by molar-refractivity contribution is 0.00578. The fourth-order valence-corrected chi connectivity index (χ4v) is 3.75. The largest absolute Gasteiger partial charge is 0.498 e. The van der Waals surface area contributed by atoms with Crippen molar-refractivity contribution in [2.75, 3.05) is 14.2 Å². The summed E-state index contributed by atoms with van der Waals surface area (Å²) in [5.74, 6) is -0.730. The molecule has 2 aliphatic rings. The molecule has 0 aromatic carbocycles. The molecule has 1 fully saturated rings. The first-order chi connectivity index (χ1) is 15.1. The lowest BCUT2D eigenvalue weighted by Crippen LogP contribution is -2.41. The maximum Gasteiger partial charge on any atom is 0.496 e.